The first-order valence-electron chi connectivity index (χ1n) is 5.78. The number of hydrogen-bond donors (Lipinski definition) is 1. The molecule has 3 heteroatoms. The summed E-state index contributed by atoms with van der Waals surface area (Å²) in [5, 5.41) is 4.86. The van der Waals surface area contributed by atoms with Crippen molar-refractivity contribution in [3.63, 3.8) is 0 Å². The van der Waals surface area contributed by atoms with Crippen molar-refractivity contribution in [2.24, 2.45) is 11.8 Å². The van der Waals surface area contributed by atoms with Crippen LogP contribution in [0.2, 0.25) is 10.0 Å². The summed E-state index contributed by atoms with van der Waals surface area (Å²) >= 11 is 12.0. The Kier molecular flexibility index (Phi) is 3.66. The minimum Gasteiger partial charge on any atom is -0.381 e. The van der Waals surface area contributed by atoms with E-state index in [1.165, 1.54) is 12.8 Å². The van der Waals surface area contributed by atoms with E-state index in [4.69, 9.17) is 23.2 Å². The number of anilines is 1. The third kappa shape index (κ3) is 2.64. The van der Waals surface area contributed by atoms with Gasteiger partial charge in [-0.05, 0) is 42.9 Å². The first-order chi connectivity index (χ1) is 7.56. The maximum Gasteiger partial charge on any atom is 0.0652 e. The van der Waals surface area contributed by atoms with Crippen molar-refractivity contribution >= 4 is 28.9 Å². The van der Waals surface area contributed by atoms with E-state index in [0.29, 0.717) is 16.1 Å². The Morgan fingerprint density at radius 3 is 2.50 bits per heavy atom. The van der Waals surface area contributed by atoms with Crippen LogP contribution in [0.1, 0.15) is 26.7 Å². The summed E-state index contributed by atoms with van der Waals surface area (Å²) in [6.45, 7) is 4.58. The predicted molar refractivity (Wildman–Crippen MR) is 71.4 cm³/mol. The second-order valence-electron chi connectivity index (χ2n) is 4.94. The summed E-state index contributed by atoms with van der Waals surface area (Å²) < 4.78 is 0. The van der Waals surface area contributed by atoms with Gasteiger partial charge in [-0.15, -0.1) is 0 Å². The smallest absolute Gasteiger partial charge is 0.0652 e. The zero-order chi connectivity index (χ0) is 11.7. The molecule has 0 radical (unpaired) electrons. The molecule has 1 aliphatic carbocycles. The second kappa shape index (κ2) is 4.85. The van der Waals surface area contributed by atoms with Gasteiger partial charge >= 0.3 is 0 Å². The van der Waals surface area contributed by atoms with E-state index in [9.17, 15) is 0 Å². The minimum atomic E-state index is 0.575. The largest absolute Gasteiger partial charge is 0.381 e. The predicted octanol–water partition coefficient (Wildman–Crippen LogP) is 4.84. The fraction of sp³-hybridized carbons (Fsp3) is 0.538. The average Bonchev–Trinajstić information content (AvgIpc) is 2.12. The highest BCUT2D eigenvalue weighted by atomic mass is 35.5. The molecule has 1 N–H and O–H groups in total. The van der Waals surface area contributed by atoms with Crippen LogP contribution < -0.4 is 5.32 Å². The van der Waals surface area contributed by atoms with E-state index in [1.807, 2.05) is 12.1 Å². The van der Waals surface area contributed by atoms with Gasteiger partial charge in [-0.1, -0.05) is 37.0 Å². The van der Waals surface area contributed by atoms with Crippen LogP contribution in [0, 0.1) is 11.8 Å². The highest BCUT2D eigenvalue weighted by Crippen LogP contribution is 2.37. The molecular formula is C13H17Cl2N. The first kappa shape index (κ1) is 12.1. The first-order valence-corrected chi connectivity index (χ1v) is 6.53. The van der Waals surface area contributed by atoms with Crippen LogP contribution in [0.5, 0.6) is 0 Å². The lowest BCUT2D eigenvalue weighted by molar-refractivity contribution is 0.212. The van der Waals surface area contributed by atoms with E-state index < -0.39 is 0 Å². The fourth-order valence-electron chi connectivity index (χ4n) is 2.15. The molecule has 0 unspecified atom stereocenters. The fourth-order valence-corrected chi connectivity index (χ4v) is 2.61. The molecule has 0 bridgehead atoms. The zero-order valence-corrected chi connectivity index (χ0v) is 11.1. The van der Waals surface area contributed by atoms with E-state index in [0.717, 1.165) is 17.5 Å². The maximum absolute atomic E-state index is 6.11. The SMILES string of the molecule is CC(C)C1CC(Nc2ccc(Cl)cc2Cl)C1. The van der Waals surface area contributed by atoms with Gasteiger partial charge in [-0.2, -0.15) is 0 Å². The molecule has 0 heterocycles. The minimum absolute atomic E-state index is 0.575. The molecule has 0 spiro atoms. The van der Waals surface area contributed by atoms with Gasteiger partial charge in [0, 0.05) is 11.1 Å². The third-order valence-corrected chi connectivity index (χ3v) is 3.96. The average molecular weight is 258 g/mol. The summed E-state index contributed by atoms with van der Waals surface area (Å²) in [6, 6.07) is 6.18. The molecule has 0 atom stereocenters. The van der Waals surface area contributed by atoms with Crippen LogP contribution in [0.25, 0.3) is 0 Å². The van der Waals surface area contributed by atoms with Gasteiger partial charge in [-0.3, -0.25) is 0 Å². The number of hydrogen-bond acceptors (Lipinski definition) is 1. The van der Waals surface area contributed by atoms with Gasteiger partial charge < -0.3 is 5.32 Å². The Hall–Kier alpha value is -0.400. The van der Waals surface area contributed by atoms with Crippen LogP contribution in [0.15, 0.2) is 18.2 Å². The molecule has 1 aromatic rings. The summed E-state index contributed by atoms with van der Waals surface area (Å²) in [4.78, 5) is 0. The number of halogens is 2. The molecule has 2 rings (SSSR count). The molecule has 1 fully saturated rings. The Bertz CT molecular complexity index is 370. The van der Waals surface area contributed by atoms with Crippen molar-refractivity contribution in [3.05, 3.63) is 28.2 Å². The van der Waals surface area contributed by atoms with Gasteiger partial charge in [-0.25, -0.2) is 0 Å². The van der Waals surface area contributed by atoms with E-state index in [2.05, 4.69) is 19.2 Å². The Labute approximate surface area is 107 Å². The normalized spacial score (nSPS) is 24.3. The van der Waals surface area contributed by atoms with Gasteiger partial charge in [0.25, 0.3) is 0 Å². The molecular weight excluding hydrogens is 241 g/mol. The monoisotopic (exact) mass is 257 g/mol. The topological polar surface area (TPSA) is 12.0 Å². The molecule has 1 saturated carbocycles. The Morgan fingerprint density at radius 1 is 1.25 bits per heavy atom. The lowest BCUT2D eigenvalue weighted by atomic mass is 9.73. The highest BCUT2D eigenvalue weighted by Gasteiger charge is 2.31. The van der Waals surface area contributed by atoms with Crippen molar-refractivity contribution in [1.82, 2.24) is 0 Å². The maximum atomic E-state index is 6.11. The van der Waals surface area contributed by atoms with Crippen LogP contribution in [0.3, 0.4) is 0 Å². The van der Waals surface area contributed by atoms with Crippen molar-refractivity contribution in [2.45, 2.75) is 32.7 Å². The standard InChI is InChI=1S/C13H17Cl2N/c1-8(2)9-5-11(6-9)16-13-4-3-10(14)7-12(13)15/h3-4,7-9,11,16H,5-6H2,1-2H3. The summed E-state index contributed by atoms with van der Waals surface area (Å²) in [6.07, 6.45) is 2.49. The molecule has 1 nitrogen and oxygen atoms in total. The van der Waals surface area contributed by atoms with Crippen LogP contribution in [-0.2, 0) is 0 Å². The van der Waals surface area contributed by atoms with Gasteiger partial charge in [0.2, 0.25) is 0 Å². The molecule has 0 amide bonds. The Balaban J connectivity index is 1.91. The number of rotatable bonds is 3. The van der Waals surface area contributed by atoms with Crippen molar-refractivity contribution in [3.8, 4) is 0 Å². The zero-order valence-electron chi connectivity index (χ0n) is 9.63. The lowest BCUT2D eigenvalue weighted by Crippen LogP contribution is -2.37. The van der Waals surface area contributed by atoms with Crippen molar-refractivity contribution < 1.29 is 0 Å². The summed E-state index contributed by atoms with van der Waals surface area (Å²) in [7, 11) is 0. The van der Waals surface area contributed by atoms with Crippen LogP contribution in [0.4, 0.5) is 5.69 Å². The van der Waals surface area contributed by atoms with E-state index in [1.54, 1.807) is 6.07 Å². The molecule has 16 heavy (non-hydrogen) atoms. The molecule has 88 valence electrons. The van der Waals surface area contributed by atoms with Crippen LogP contribution in [-0.4, -0.2) is 6.04 Å². The van der Waals surface area contributed by atoms with E-state index >= 15 is 0 Å². The molecule has 0 aromatic heterocycles. The third-order valence-electron chi connectivity index (χ3n) is 3.41. The van der Waals surface area contributed by atoms with E-state index in [-0.39, 0.29) is 0 Å². The molecule has 1 aliphatic rings. The second-order valence-corrected chi connectivity index (χ2v) is 5.78. The van der Waals surface area contributed by atoms with Crippen molar-refractivity contribution in [1.29, 1.82) is 0 Å². The van der Waals surface area contributed by atoms with Crippen molar-refractivity contribution in [2.75, 3.05) is 5.32 Å². The quantitative estimate of drug-likeness (QED) is 0.817. The highest BCUT2D eigenvalue weighted by molar-refractivity contribution is 6.36. The molecule has 0 aliphatic heterocycles. The molecule has 1 aromatic carbocycles. The summed E-state index contributed by atoms with van der Waals surface area (Å²) in [5.41, 5.74) is 0.998. The van der Waals surface area contributed by atoms with Gasteiger partial charge in [0.15, 0.2) is 0 Å². The van der Waals surface area contributed by atoms with Crippen LogP contribution >= 0.6 is 23.2 Å². The van der Waals surface area contributed by atoms with Gasteiger partial charge in [0.05, 0.1) is 10.7 Å². The lowest BCUT2D eigenvalue weighted by Gasteiger charge is -2.39. The Morgan fingerprint density at radius 2 is 1.94 bits per heavy atom. The molecule has 0 saturated heterocycles. The summed E-state index contributed by atoms with van der Waals surface area (Å²) in [5.74, 6) is 1.65. The van der Waals surface area contributed by atoms with Gasteiger partial charge in [0.1, 0.15) is 0 Å². The number of nitrogens with one attached hydrogen (secondary N) is 1. The number of benzene rings is 1.